The first-order valence-corrected chi connectivity index (χ1v) is 8.28. The lowest BCUT2D eigenvalue weighted by atomic mass is 10.1. The van der Waals surface area contributed by atoms with Crippen molar-refractivity contribution >= 4 is 43.6 Å². The summed E-state index contributed by atoms with van der Waals surface area (Å²) in [6, 6.07) is 10.9. The van der Waals surface area contributed by atoms with E-state index in [1.165, 1.54) is 12.1 Å². The van der Waals surface area contributed by atoms with E-state index in [1.54, 1.807) is 24.3 Å². The third-order valence-electron chi connectivity index (χ3n) is 5.03. The molecule has 2 heterocycles. The lowest BCUT2D eigenvalue weighted by Crippen LogP contribution is -2.05. The van der Waals surface area contributed by atoms with Crippen LogP contribution in [0.25, 0.3) is 43.6 Å². The first-order chi connectivity index (χ1) is 13.2. The van der Waals surface area contributed by atoms with Gasteiger partial charge in [0.25, 0.3) is 0 Å². The Balaban J connectivity index is 1.95. The fourth-order valence-electron chi connectivity index (χ4n) is 3.86. The number of aromatic amines is 2. The van der Waals surface area contributed by atoms with Crippen LogP contribution in [0.2, 0.25) is 0 Å². The molecule has 3 aromatic carbocycles. The molecule has 2 N–H and O–H groups in total. The second-order valence-electron chi connectivity index (χ2n) is 6.61. The van der Waals surface area contributed by atoms with Gasteiger partial charge >= 0.3 is 12.4 Å². The summed E-state index contributed by atoms with van der Waals surface area (Å²) >= 11 is 0. The molecule has 2 aromatic heterocycles. The summed E-state index contributed by atoms with van der Waals surface area (Å²) in [5.41, 5.74) is -1.13. The highest BCUT2D eigenvalue weighted by Gasteiger charge is 2.35. The van der Waals surface area contributed by atoms with Gasteiger partial charge in [0.05, 0.1) is 33.2 Å². The minimum atomic E-state index is -4.55. The van der Waals surface area contributed by atoms with E-state index >= 15 is 0 Å². The van der Waals surface area contributed by atoms with Crippen LogP contribution in [0, 0.1) is 0 Å². The first kappa shape index (κ1) is 17.0. The third kappa shape index (κ3) is 2.23. The maximum Gasteiger partial charge on any atom is 0.418 e. The Bertz CT molecular complexity index is 1280. The SMILES string of the molecule is FC(F)(F)c1cccc2c1[nH]c1c2ccc2c3cccc(C(F)(F)F)c3[nH]c21. The van der Waals surface area contributed by atoms with Gasteiger partial charge in [0, 0.05) is 21.5 Å². The number of nitrogens with one attached hydrogen (secondary N) is 2. The van der Waals surface area contributed by atoms with Crippen LogP contribution in [-0.2, 0) is 12.4 Å². The predicted molar refractivity (Wildman–Crippen MR) is 95.2 cm³/mol. The van der Waals surface area contributed by atoms with Gasteiger partial charge in [-0.2, -0.15) is 26.3 Å². The molecular weight excluding hydrogens is 382 g/mol. The Morgan fingerprint density at radius 3 is 1.18 bits per heavy atom. The summed E-state index contributed by atoms with van der Waals surface area (Å²) in [6.07, 6.45) is -9.10. The Morgan fingerprint density at radius 2 is 0.821 bits per heavy atom. The summed E-state index contributed by atoms with van der Waals surface area (Å²) in [5, 5.41) is 1.74. The van der Waals surface area contributed by atoms with Crippen LogP contribution in [0.15, 0.2) is 48.5 Å². The van der Waals surface area contributed by atoms with Crippen molar-refractivity contribution in [1.82, 2.24) is 9.97 Å². The van der Waals surface area contributed by atoms with Gasteiger partial charge in [-0.1, -0.05) is 36.4 Å². The molecule has 2 nitrogen and oxygen atoms in total. The molecule has 0 saturated carbocycles. The maximum absolute atomic E-state index is 13.4. The van der Waals surface area contributed by atoms with Crippen molar-refractivity contribution < 1.29 is 26.3 Å². The van der Waals surface area contributed by atoms with E-state index in [9.17, 15) is 26.3 Å². The van der Waals surface area contributed by atoms with Crippen molar-refractivity contribution in [1.29, 1.82) is 0 Å². The zero-order chi connectivity index (χ0) is 19.8. The Kier molecular flexibility index (Phi) is 3.16. The minimum absolute atomic E-state index is 0.0906. The number of rotatable bonds is 0. The van der Waals surface area contributed by atoms with Crippen LogP contribution in [0.4, 0.5) is 26.3 Å². The largest absolute Gasteiger partial charge is 0.418 e. The molecule has 0 unspecified atom stereocenters. The molecule has 0 atom stereocenters. The number of fused-ring (bicyclic) bond motifs is 7. The van der Waals surface area contributed by atoms with Crippen molar-refractivity contribution in [2.75, 3.05) is 0 Å². The number of hydrogen-bond donors (Lipinski definition) is 2. The normalized spacial score (nSPS) is 13.4. The first-order valence-electron chi connectivity index (χ1n) is 8.28. The summed E-state index contributed by atoms with van der Waals surface area (Å²) in [7, 11) is 0. The zero-order valence-corrected chi connectivity index (χ0v) is 13.9. The Morgan fingerprint density at radius 1 is 0.464 bits per heavy atom. The van der Waals surface area contributed by atoms with E-state index in [-0.39, 0.29) is 11.0 Å². The van der Waals surface area contributed by atoms with E-state index in [0.717, 1.165) is 12.1 Å². The quantitative estimate of drug-likeness (QED) is 0.266. The number of hydrogen-bond acceptors (Lipinski definition) is 0. The summed E-state index contributed by atoms with van der Waals surface area (Å²) in [6.45, 7) is 0. The average Bonchev–Trinajstić information content (AvgIpc) is 3.17. The second kappa shape index (κ2) is 5.21. The predicted octanol–water partition coefficient (Wildman–Crippen LogP) is 6.99. The highest BCUT2D eigenvalue weighted by atomic mass is 19.4. The van der Waals surface area contributed by atoms with E-state index in [1.807, 2.05) is 0 Å². The summed E-state index contributed by atoms with van der Waals surface area (Å²) in [4.78, 5) is 5.57. The number of para-hydroxylation sites is 2. The smallest absolute Gasteiger partial charge is 0.352 e. The van der Waals surface area contributed by atoms with Gasteiger partial charge in [-0.3, -0.25) is 0 Å². The fraction of sp³-hybridized carbons (Fsp3) is 0.100. The van der Waals surface area contributed by atoms with Crippen LogP contribution < -0.4 is 0 Å². The minimum Gasteiger partial charge on any atom is -0.352 e. The number of H-pyrrole nitrogens is 2. The Labute approximate surface area is 152 Å². The van der Waals surface area contributed by atoms with Gasteiger partial charge < -0.3 is 9.97 Å². The van der Waals surface area contributed by atoms with E-state index in [2.05, 4.69) is 9.97 Å². The molecule has 28 heavy (non-hydrogen) atoms. The van der Waals surface area contributed by atoms with E-state index in [4.69, 9.17) is 0 Å². The lowest BCUT2D eigenvalue weighted by molar-refractivity contribution is -0.137. The highest BCUT2D eigenvalue weighted by Crippen LogP contribution is 2.41. The third-order valence-corrected chi connectivity index (χ3v) is 5.03. The van der Waals surface area contributed by atoms with Crippen LogP contribution in [-0.4, -0.2) is 9.97 Å². The molecule has 142 valence electrons. The van der Waals surface area contributed by atoms with Gasteiger partial charge in [0.2, 0.25) is 0 Å². The number of alkyl halides is 6. The number of halogens is 6. The Hall–Kier alpha value is -3.16. The van der Waals surface area contributed by atoms with E-state index in [0.29, 0.717) is 32.6 Å². The summed E-state index contributed by atoms with van der Waals surface area (Å²) in [5.74, 6) is 0. The van der Waals surface area contributed by atoms with Crippen LogP contribution in [0.3, 0.4) is 0 Å². The van der Waals surface area contributed by atoms with Gasteiger partial charge in [0.1, 0.15) is 0 Å². The molecule has 0 fully saturated rings. The van der Waals surface area contributed by atoms with Gasteiger partial charge in [-0.15, -0.1) is 0 Å². The second-order valence-corrected chi connectivity index (χ2v) is 6.61. The number of aromatic nitrogens is 2. The molecule has 0 radical (unpaired) electrons. The molecular formula is C20H10F6N2. The molecule has 0 amide bonds. The molecule has 0 saturated heterocycles. The van der Waals surface area contributed by atoms with Crippen LogP contribution >= 0.6 is 0 Å². The fourth-order valence-corrected chi connectivity index (χ4v) is 3.86. The molecule has 5 rings (SSSR count). The topological polar surface area (TPSA) is 31.6 Å². The van der Waals surface area contributed by atoms with Gasteiger partial charge in [-0.25, -0.2) is 0 Å². The van der Waals surface area contributed by atoms with Crippen molar-refractivity contribution in [3.05, 3.63) is 59.7 Å². The van der Waals surface area contributed by atoms with Crippen molar-refractivity contribution in [3.63, 3.8) is 0 Å². The molecule has 5 aromatic rings. The molecule has 0 aliphatic carbocycles. The van der Waals surface area contributed by atoms with Crippen molar-refractivity contribution in [3.8, 4) is 0 Å². The zero-order valence-electron chi connectivity index (χ0n) is 13.9. The monoisotopic (exact) mass is 392 g/mol. The van der Waals surface area contributed by atoms with Crippen LogP contribution in [0.5, 0.6) is 0 Å². The average molecular weight is 392 g/mol. The van der Waals surface area contributed by atoms with E-state index < -0.39 is 23.5 Å². The molecule has 0 spiro atoms. The highest BCUT2D eigenvalue weighted by molar-refractivity contribution is 6.22. The molecule has 0 aliphatic heterocycles. The molecule has 0 aliphatic rings. The van der Waals surface area contributed by atoms with Gasteiger partial charge in [-0.05, 0) is 12.1 Å². The standard InChI is InChI=1S/C20H10F6N2/c21-19(22,23)13-5-1-3-9-11-7-8-12-10-4-2-6-14(20(24,25)26)16(10)28-18(12)17(11)27-15(9)13/h1-8,27-28H. The summed E-state index contributed by atoms with van der Waals surface area (Å²) < 4.78 is 80.2. The maximum atomic E-state index is 13.4. The molecule has 0 bridgehead atoms. The molecule has 8 heteroatoms. The van der Waals surface area contributed by atoms with Gasteiger partial charge in [0.15, 0.2) is 0 Å². The van der Waals surface area contributed by atoms with Crippen molar-refractivity contribution in [2.45, 2.75) is 12.4 Å². The van der Waals surface area contributed by atoms with Crippen molar-refractivity contribution in [2.24, 2.45) is 0 Å². The number of benzene rings is 3. The lowest BCUT2D eigenvalue weighted by Gasteiger charge is -2.07. The van der Waals surface area contributed by atoms with Crippen LogP contribution in [0.1, 0.15) is 11.1 Å².